The largest absolute Gasteiger partial charge is 0.350 e. The predicted molar refractivity (Wildman–Crippen MR) is 99.4 cm³/mol. The second-order valence-electron chi connectivity index (χ2n) is 6.01. The van der Waals surface area contributed by atoms with Crippen LogP contribution >= 0.6 is 11.8 Å². The highest BCUT2D eigenvalue weighted by Gasteiger charge is 2.12. The van der Waals surface area contributed by atoms with Crippen molar-refractivity contribution in [1.29, 1.82) is 0 Å². The molecule has 0 aliphatic heterocycles. The van der Waals surface area contributed by atoms with Gasteiger partial charge in [-0.05, 0) is 74.8 Å². The second-order valence-corrected chi connectivity index (χ2v) is 6.89. The summed E-state index contributed by atoms with van der Waals surface area (Å²) in [7, 11) is 0. The summed E-state index contributed by atoms with van der Waals surface area (Å²) in [6.07, 6.45) is 4.00. The Hall–Kier alpha value is -1.74. The third-order valence-electron chi connectivity index (χ3n) is 4.25. The lowest BCUT2D eigenvalue weighted by Gasteiger charge is -2.15. The first-order valence-corrected chi connectivity index (χ1v) is 9.23. The first-order chi connectivity index (χ1) is 11.0. The van der Waals surface area contributed by atoms with E-state index in [-0.39, 0.29) is 11.9 Å². The van der Waals surface area contributed by atoms with E-state index in [4.69, 9.17) is 0 Å². The quantitative estimate of drug-likeness (QED) is 0.774. The molecule has 2 nitrogen and oxygen atoms in total. The molecule has 0 aromatic heterocycles. The Morgan fingerprint density at radius 2 is 1.83 bits per heavy atom. The van der Waals surface area contributed by atoms with Gasteiger partial charge in [0.25, 0.3) is 5.91 Å². The van der Waals surface area contributed by atoms with Gasteiger partial charge in [0.1, 0.15) is 0 Å². The van der Waals surface area contributed by atoms with Crippen LogP contribution in [0.15, 0.2) is 47.4 Å². The number of hydrogen-bond donors (Lipinski definition) is 1. The lowest BCUT2D eigenvalue weighted by Crippen LogP contribution is -2.33. The number of nitrogens with one attached hydrogen (secondary N) is 1. The van der Waals surface area contributed by atoms with Gasteiger partial charge in [0, 0.05) is 16.5 Å². The number of carbonyl (C=O) groups excluding carboxylic acids is 1. The number of hydrogen-bond acceptors (Lipinski definition) is 2. The van der Waals surface area contributed by atoms with Crippen LogP contribution in [0, 0.1) is 13.8 Å². The summed E-state index contributed by atoms with van der Waals surface area (Å²) >= 11 is 1.75. The molecule has 23 heavy (non-hydrogen) atoms. The molecule has 1 unspecified atom stereocenters. The molecule has 0 saturated carbocycles. The van der Waals surface area contributed by atoms with Gasteiger partial charge in [0.2, 0.25) is 0 Å². The maximum atomic E-state index is 12.4. The van der Waals surface area contributed by atoms with Crippen molar-refractivity contribution in [1.82, 2.24) is 5.32 Å². The van der Waals surface area contributed by atoms with Crippen molar-refractivity contribution in [2.45, 2.75) is 44.6 Å². The van der Waals surface area contributed by atoms with E-state index < -0.39 is 0 Å². The molecule has 1 atom stereocenters. The Morgan fingerprint density at radius 1 is 1.13 bits per heavy atom. The van der Waals surface area contributed by atoms with Gasteiger partial charge >= 0.3 is 0 Å². The summed E-state index contributed by atoms with van der Waals surface area (Å²) in [6, 6.07) is 14.7. The minimum absolute atomic E-state index is 0.0245. The number of rotatable bonds is 6. The average Bonchev–Trinajstić information content (AvgIpc) is 2.55. The zero-order valence-corrected chi connectivity index (χ0v) is 15.2. The van der Waals surface area contributed by atoms with Crippen LogP contribution in [-0.2, 0) is 6.42 Å². The van der Waals surface area contributed by atoms with Crippen molar-refractivity contribution < 1.29 is 4.79 Å². The van der Waals surface area contributed by atoms with Gasteiger partial charge in [-0.1, -0.05) is 24.3 Å². The maximum Gasteiger partial charge on any atom is 0.251 e. The monoisotopic (exact) mass is 327 g/mol. The molecule has 0 fully saturated rings. The number of benzene rings is 2. The summed E-state index contributed by atoms with van der Waals surface area (Å²) in [5, 5.41) is 3.11. The van der Waals surface area contributed by atoms with Gasteiger partial charge in [-0.2, -0.15) is 0 Å². The second kappa shape index (κ2) is 8.21. The number of thioether (sulfide) groups is 1. The van der Waals surface area contributed by atoms with Crippen LogP contribution in [0.5, 0.6) is 0 Å². The van der Waals surface area contributed by atoms with Crippen molar-refractivity contribution in [3.63, 3.8) is 0 Å². The molecule has 0 heterocycles. The third-order valence-corrected chi connectivity index (χ3v) is 5.00. The standard InChI is InChI=1S/C20H25NOS/c1-14-6-5-7-19(16(14)3)20(22)21-15(2)8-9-17-10-12-18(23-4)13-11-17/h5-7,10-13,15H,8-9H2,1-4H3,(H,21,22). The lowest BCUT2D eigenvalue weighted by molar-refractivity contribution is 0.0937. The molecule has 1 N–H and O–H groups in total. The Kier molecular flexibility index (Phi) is 6.28. The molecule has 1 amide bonds. The maximum absolute atomic E-state index is 12.4. The van der Waals surface area contributed by atoms with Crippen molar-refractivity contribution in [3.8, 4) is 0 Å². The summed E-state index contributed by atoms with van der Waals surface area (Å²) in [4.78, 5) is 13.7. The van der Waals surface area contributed by atoms with Gasteiger partial charge in [-0.25, -0.2) is 0 Å². The Bertz CT molecular complexity index is 664. The van der Waals surface area contributed by atoms with E-state index in [0.717, 1.165) is 29.5 Å². The fourth-order valence-electron chi connectivity index (χ4n) is 2.55. The van der Waals surface area contributed by atoms with E-state index in [9.17, 15) is 4.79 Å². The first-order valence-electron chi connectivity index (χ1n) is 8.01. The smallest absolute Gasteiger partial charge is 0.251 e. The van der Waals surface area contributed by atoms with Crippen LogP contribution in [-0.4, -0.2) is 18.2 Å². The van der Waals surface area contributed by atoms with Gasteiger partial charge in [-0.3, -0.25) is 4.79 Å². The number of carbonyl (C=O) groups is 1. The molecule has 3 heteroatoms. The summed E-state index contributed by atoms with van der Waals surface area (Å²) < 4.78 is 0. The van der Waals surface area contributed by atoms with Crippen molar-refractivity contribution >= 4 is 17.7 Å². The minimum atomic E-state index is 0.0245. The molecular weight excluding hydrogens is 302 g/mol. The SMILES string of the molecule is CSc1ccc(CCC(C)NC(=O)c2cccc(C)c2C)cc1. The molecule has 0 bridgehead atoms. The molecule has 0 radical (unpaired) electrons. The third kappa shape index (κ3) is 4.87. The normalized spacial score (nSPS) is 12.0. The average molecular weight is 327 g/mol. The fraction of sp³-hybridized carbons (Fsp3) is 0.350. The molecule has 122 valence electrons. The molecular formula is C20H25NOS. The molecule has 2 rings (SSSR count). The van der Waals surface area contributed by atoms with Crippen molar-refractivity contribution in [2.75, 3.05) is 6.26 Å². The van der Waals surface area contributed by atoms with E-state index in [0.29, 0.717) is 0 Å². The Balaban J connectivity index is 1.89. The van der Waals surface area contributed by atoms with Crippen LogP contribution in [0.2, 0.25) is 0 Å². The van der Waals surface area contributed by atoms with E-state index in [2.05, 4.69) is 42.8 Å². The highest BCUT2D eigenvalue weighted by Crippen LogP contribution is 2.16. The zero-order chi connectivity index (χ0) is 16.8. The van der Waals surface area contributed by atoms with Gasteiger partial charge in [-0.15, -0.1) is 11.8 Å². The van der Waals surface area contributed by atoms with Crippen LogP contribution in [0.1, 0.15) is 40.4 Å². The predicted octanol–water partition coefficient (Wildman–Crippen LogP) is 4.78. The summed E-state index contributed by atoms with van der Waals surface area (Å²) in [5.74, 6) is 0.0245. The van der Waals surface area contributed by atoms with E-state index in [1.165, 1.54) is 10.5 Å². The number of amides is 1. The topological polar surface area (TPSA) is 29.1 Å². The summed E-state index contributed by atoms with van der Waals surface area (Å²) in [5.41, 5.74) is 4.31. The Labute approximate surface area is 143 Å². The minimum Gasteiger partial charge on any atom is -0.350 e. The van der Waals surface area contributed by atoms with Gasteiger partial charge in [0.05, 0.1) is 0 Å². The van der Waals surface area contributed by atoms with Crippen LogP contribution < -0.4 is 5.32 Å². The van der Waals surface area contributed by atoms with Gasteiger partial charge < -0.3 is 5.32 Å². The molecule has 2 aromatic carbocycles. The number of aryl methyl sites for hydroxylation is 2. The van der Waals surface area contributed by atoms with E-state index in [1.54, 1.807) is 11.8 Å². The summed E-state index contributed by atoms with van der Waals surface area (Å²) in [6.45, 7) is 6.11. The van der Waals surface area contributed by atoms with Crippen LogP contribution in [0.4, 0.5) is 0 Å². The Morgan fingerprint density at radius 3 is 2.48 bits per heavy atom. The van der Waals surface area contributed by atoms with Crippen molar-refractivity contribution in [3.05, 3.63) is 64.7 Å². The lowest BCUT2D eigenvalue weighted by atomic mass is 10.0. The van der Waals surface area contributed by atoms with E-state index in [1.807, 2.05) is 32.0 Å². The zero-order valence-electron chi connectivity index (χ0n) is 14.3. The highest BCUT2D eigenvalue weighted by atomic mass is 32.2. The molecule has 0 aliphatic carbocycles. The molecule has 0 spiro atoms. The molecule has 2 aromatic rings. The molecule has 0 saturated heterocycles. The van der Waals surface area contributed by atoms with E-state index >= 15 is 0 Å². The fourth-order valence-corrected chi connectivity index (χ4v) is 2.95. The highest BCUT2D eigenvalue weighted by molar-refractivity contribution is 7.98. The first kappa shape index (κ1) is 17.6. The van der Waals surface area contributed by atoms with Crippen LogP contribution in [0.25, 0.3) is 0 Å². The van der Waals surface area contributed by atoms with Crippen molar-refractivity contribution in [2.24, 2.45) is 0 Å². The van der Waals surface area contributed by atoms with Gasteiger partial charge in [0.15, 0.2) is 0 Å². The molecule has 0 aliphatic rings. The van der Waals surface area contributed by atoms with Crippen LogP contribution in [0.3, 0.4) is 0 Å².